The maximum atomic E-state index is 13.2. The van der Waals surface area contributed by atoms with Crippen LogP contribution >= 0.6 is 11.6 Å². The van der Waals surface area contributed by atoms with Gasteiger partial charge in [0.1, 0.15) is 5.69 Å². The molecule has 1 aliphatic heterocycles. The lowest BCUT2D eigenvalue weighted by molar-refractivity contribution is -0.139. The molecule has 0 aromatic carbocycles. The van der Waals surface area contributed by atoms with Crippen molar-refractivity contribution in [3.8, 4) is 22.8 Å². The normalized spacial score (nSPS) is 24.5. The first-order valence-corrected chi connectivity index (χ1v) is 16.3. The lowest BCUT2D eigenvalue weighted by Gasteiger charge is -2.46. The van der Waals surface area contributed by atoms with Crippen molar-refractivity contribution < 1.29 is 9.32 Å². The van der Waals surface area contributed by atoms with Crippen molar-refractivity contribution in [2.45, 2.75) is 84.3 Å². The summed E-state index contributed by atoms with van der Waals surface area (Å²) in [6.45, 7) is 8.85. The predicted molar refractivity (Wildman–Crippen MR) is 168 cm³/mol. The summed E-state index contributed by atoms with van der Waals surface area (Å²) >= 11 is 6.43. The SMILES string of the molecule is CC1CCC(Cn2c(N3[C@H](C)CN(C(=O)C4CCC4)C[C@H]3C)nc3cc(-c4noc(=O)[nH]4)nc(-c4cncc(Cl)c4)c32)CC1. The van der Waals surface area contributed by atoms with Crippen LogP contribution in [0.1, 0.15) is 65.7 Å². The standard InChI is InChI=1S/C32H39ClN8O3/c1-18-7-9-21(10-8-18)17-40-28-25(36-31(40)41-19(2)15-39(16-20(41)3)30(42)22-5-4-6-22)12-26(29-37-32(43)44-38-29)35-27(28)23-11-24(33)14-34-13-23/h11-14,18-22H,4-10,15-17H2,1-3H3,(H,37,38,43)/t18?,19-,20-,21?/m1/s1. The van der Waals surface area contributed by atoms with E-state index in [1.807, 2.05) is 12.1 Å². The Morgan fingerprint density at radius 2 is 1.77 bits per heavy atom. The van der Waals surface area contributed by atoms with Gasteiger partial charge in [0.25, 0.3) is 0 Å². The number of hydrogen-bond acceptors (Lipinski definition) is 8. The molecule has 2 atom stereocenters. The van der Waals surface area contributed by atoms with Crippen molar-refractivity contribution in [1.29, 1.82) is 0 Å². The molecule has 2 saturated carbocycles. The van der Waals surface area contributed by atoms with Crippen LogP contribution in [-0.4, -0.2) is 65.6 Å². The van der Waals surface area contributed by atoms with Crippen LogP contribution in [0.15, 0.2) is 33.8 Å². The molecule has 12 heteroatoms. The number of piperazine rings is 1. The van der Waals surface area contributed by atoms with Gasteiger partial charge < -0.3 is 14.4 Å². The molecule has 232 valence electrons. The molecule has 1 N–H and O–H groups in total. The molecular weight excluding hydrogens is 580 g/mol. The van der Waals surface area contributed by atoms with E-state index < -0.39 is 5.76 Å². The van der Waals surface area contributed by atoms with Gasteiger partial charge in [0.2, 0.25) is 17.7 Å². The minimum absolute atomic E-state index is 0.0697. The lowest BCUT2D eigenvalue weighted by Crippen LogP contribution is -2.60. The molecule has 1 amide bonds. The fraction of sp³-hybridized carbons (Fsp3) is 0.562. The summed E-state index contributed by atoms with van der Waals surface area (Å²) in [7, 11) is 0. The number of amides is 1. The summed E-state index contributed by atoms with van der Waals surface area (Å²) in [5, 5.41) is 4.41. The zero-order valence-corrected chi connectivity index (χ0v) is 26.3. The van der Waals surface area contributed by atoms with E-state index in [-0.39, 0.29) is 23.8 Å². The van der Waals surface area contributed by atoms with Crippen LogP contribution in [0.2, 0.25) is 5.02 Å². The zero-order valence-electron chi connectivity index (χ0n) is 25.5. The minimum Gasteiger partial charge on any atom is -0.338 e. The number of pyridine rings is 2. The topological polar surface area (TPSA) is 126 Å². The molecule has 7 rings (SSSR count). The number of carbonyl (C=O) groups excluding carboxylic acids is 1. The largest absolute Gasteiger partial charge is 0.439 e. The summed E-state index contributed by atoms with van der Waals surface area (Å²) in [5.74, 6) is 2.18. The van der Waals surface area contributed by atoms with Crippen molar-refractivity contribution in [1.82, 2.24) is 34.6 Å². The molecule has 0 unspecified atom stereocenters. The Labute approximate surface area is 261 Å². The molecule has 3 fully saturated rings. The van der Waals surface area contributed by atoms with Crippen LogP contribution in [0, 0.1) is 17.8 Å². The molecule has 4 aromatic rings. The van der Waals surface area contributed by atoms with Gasteiger partial charge in [-0.2, -0.15) is 0 Å². The number of hydrogen-bond donors (Lipinski definition) is 1. The first-order valence-electron chi connectivity index (χ1n) is 15.9. The van der Waals surface area contributed by atoms with E-state index in [1.165, 1.54) is 12.8 Å². The monoisotopic (exact) mass is 618 g/mol. The second-order valence-corrected chi connectivity index (χ2v) is 13.6. The Morgan fingerprint density at radius 1 is 1.02 bits per heavy atom. The summed E-state index contributed by atoms with van der Waals surface area (Å²) < 4.78 is 7.15. The van der Waals surface area contributed by atoms with Crippen LogP contribution in [-0.2, 0) is 11.3 Å². The average Bonchev–Trinajstić information content (AvgIpc) is 3.56. The molecule has 0 spiro atoms. The molecule has 0 bridgehead atoms. The molecular formula is C32H39ClN8O3. The van der Waals surface area contributed by atoms with E-state index in [9.17, 15) is 9.59 Å². The number of rotatable bonds is 6. The first kappa shape index (κ1) is 29.0. The van der Waals surface area contributed by atoms with Crippen molar-refractivity contribution in [3.63, 3.8) is 0 Å². The number of aromatic nitrogens is 6. The average molecular weight is 619 g/mol. The highest BCUT2D eigenvalue weighted by Crippen LogP contribution is 2.39. The van der Waals surface area contributed by atoms with Crippen LogP contribution in [0.4, 0.5) is 5.95 Å². The van der Waals surface area contributed by atoms with Gasteiger partial charge in [-0.3, -0.25) is 19.3 Å². The van der Waals surface area contributed by atoms with Gasteiger partial charge in [-0.05, 0) is 63.5 Å². The van der Waals surface area contributed by atoms with E-state index in [1.54, 1.807) is 12.4 Å². The molecule has 2 aliphatic carbocycles. The fourth-order valence-corrected chi connectivity index (χ4v) is 7.47. The Bertz CT molecular complexity index is 1720. The number of aromatic amines is 1. The number of fused-ring (bicyclic) bond motifs is 1. The maximum absolute atomic E-state index is 13.2. The summed E-state index contributed by atoms with van der Waals surface area (Å²) in [4.78, 5) is 46.8. The third-order valence-corrected chi connectivity index (χ3v) is 10.1. The third kappa shape index (κ3) is 5.39. The smallest absolute Gasteiger partial charge is 0.338 e. The summed E-state index contributed by atoms with van der Waals surface area (Å²) in [6, 6.07) is 3.85. The molecule has 4 aromatic heterocycles. The zero-order chi connectivity index (χ0) is 30.5. The van der Waals surface area contributed by atoms with Crippen LogP contribution < -0.4 is 10.7 Å². The quantitative estimate of drug-likeness (QED) is 0.298. The van der Waals surface area contributed by atoms with Crippen molar-refractivity contribution in [3.05, 3.63) is 40.1 Å². The van der Waals surface area contributed by atoms with E-state index in [2.05, 4.69) is 50.3 Å². The lowest BCUT2D eigenvalue weighted by atomic mass is 9.83. The Balaban J connectivity index is 1.37. The van der Waals surface area contributed by atoms with Gasteiger partial charge in [0.15, 0.2) is 0 Å². The highest BCUT2D eigenvalue weighted by atomic mass is 35.5. The second-order valence-electron chi connectivity index (χ2n) is 13.2. The number of halogens is 1. The van der Waals surface area contributed by atoms with E-state index in [4.69, 9.17) is 26.1 Å². The highest BCUT2D eigenvalue weighted by Gasteiger charge is 2.39. The Hall–Kier alpha value is -3.73. The fourth-order valence-electron chi connectivity index (χ4n) is 7.30. The van der Waals surface area contributed by atoms with Gasteiger partial charge >= 0.3 is 5.76 Å². The van der Waals surface area contributed by atoms with Gasteiger partial charge in [0, 0.05) is 55.6 Å². The molecule has 5 heterocycles. The number of carbonyl (C=O) groups is 1. The summed E-state index contributed by atoms with van der Waals surface area (Å²) in [5.41, 5.74) is 3.48. The number of imidazole rings is 1. The van der Waals surface area contributed by atoms with Gasteiger partial charge in [0.05, 0.1) is 21.7 Å². The first-order chi connectivity index (χ1) is 21.2. The van der Waals surface area contributed by atoms with Gasteiger partial charge in [-0.15, -0.1) is 0 Å². The van der Waals surface area contributed by atoms with Crippen molar-refractivity contribution >= 4 is 34.5 Å². The van der Waals surface area contributed by atoms with Crippen LogP contribution in [0.25, 0.3) is 33.8 Å². The highest BCUT2D eigenvalue weighted by molar-refractivity contribution is 6.30. The van der Waals surface area contributed by atoms with Gasteiger partial charge in [-0.1, -0.05) is 42.9 Å². The van der Waals surface area contributed by atoms with Crippen molar-refractivity contribution in [2.75, 3.05) is 18.0 Å². The van der Waals surface area contributed by atoms with E-state index in [0.29, 0.717) is 41.3 Å². The predicted octanol–water partition coefficient (Wildman–Crippen LogP) is 5.54. The molecule has 44 heavy (non-hydrogen) atoms. The second kappa shape index (κ2) is 11.6. The molecule has 3 aliphatic rings. The minimum atomic E-state index is -0.650. The maximum Gasteiger partial charge on any atom is 0.439 e. The number of nitrogens with zero attached hydrogens (tertiary/aromatic N) is 7. The number of nitrogens with one attached hydrogen (secondary N) is 1. The summed E-state index contributed by atoms with van der Waals surface area (Å²) in [6.07, 6.45) is 11.3. The van der Waals surface area contributed by atoms with Crippen molar-refractivity contribution in [2.24, 2.45) is 17.8 Å². The molecule has 0 radical (unpaired) electrons. The van der Waals surface area contributed by atoms with E-state index >= 15 is 0 Å². The number of H-pyrrole nitrogens is 1. The Morgan fingerprint density at radius 3 is 2.41 bits per heavy atom. The molecule has 11 nitrogen and oxygen atoms in total. The van der Waals surface area contributed by atoms with Crippen LogP contribution in [0.3, 0.4) is 0 Å². The molecule has 1 saturated heterocycles. The van der Waals surface area contributed by atoms with Gasteiger partial charge in [-0.25, -0.2) is 14.8 Å². The third-order valence-electron chi connectivity index (χ3n) is 9.86. The Kier molecular flexibility index (Phi) is 7.68. The van der Waals surface area contributed by atoms with E-state index in [0.717, 1.165) is 67.1 Å². The van der Waals surface area contributed by atoms with Crippen LogP contribution in [0.5, 0.6) is 0 Å². The number of anilines is 1.